The van der Waals surface area contributed by atoms with E-state index in [9.17, 15) is 4.79 Å². The van der Waals surface area contributed by atoms with Crippen molar-refractivity contribution in [2.24, 2.45) is 4.99 Å². The van der Waals surface area contributed by atoms with Gasteiger partial charge in [0.25, 0.3) is 5.91 Å². The zero-order valence-corrected chi connectivity index (χ0v) is 18.0. The van der Waals surface area contributed by atoms with Crippen LogP contribution in [0, 0.1) is 0 Å². The number of guanidine groups is 1. The third kappa shape index (κ3) is 8.06. The van der Waals surface area contributed by atoms with Gasteiger partial charge < -0.3 is 16.0 Å². The molecule has 1 saturated heterocycles. The van der Waals surface area contributed by atoms with E-state index in [1.807, 2.05) is 29.3 Å². The van der Waals surface area contributed by atoms with E-state index in [1.165, 1.54) is 29.9 Å². The van der Waals surface area contributed by atoms with E-state index in [-0.39, 0.29) is 29.9 Å². The standard InChI is InChI=1S/C16H26N4OS2.HI/c1-2-17-16(20-12-13-6-3-10-22-13)19-9-5-8-18-15(21)14-7-4-11-23-14;/h4,7,11,13H,2-3,5-6,8-10,12H2,1H3,(H,18,21)(H2,17,19,20);1H. The van der Waals surface area contributed by atoms with Crippen molar-refractivity contribution < 1.29 is 4.79 Å². The van der Waals surface area contributed by atoms with Gasteiger partial charge in [-0.2, -0.15) is 11.8 Å². The molecular weight excluding hydrogens is 455 g/mol. The fourth-order valence-electron chi connectivity index (χ4n) is 2.32. The maximum atomic E-state index is 11.8. The quantitative estimate of drug-likeness (QED) is 0.231. The lowest BCUT2D eigenvalue weighted by Gasteiger charge is -2.12. The summed E-state index contributed by atoms with van der Waals surface area (Å²) in [5, 5.41) is 12.1. The molecule has 24 heavy (non-hydrogen) atoms. The van der Waals surface area contributed by atoms with Crippen molar-refractivity contribution in [2.45, 2.75) is 31.4 Å². The number of thiophene rings is 1. The number of amides is 1. The first-order valence-corrected chi connectivity index (χ1v) is 10.2. The first-order chi connectivity index (χ1) is 11.3. The van der Waals surface area contributed by atoms with Gasteiger partial charge in [-0.05, 0) is 43.4 Å². The highest BCUT2D eigenvalue weighted by atomic mass is 127. The fourth-order valence-corrected chi connectivity index (χ4v) is 4.14. The Hall–Kier alpha value is -0.480. The van der Waals surface area contributed by atoms with Crippen LogP contribution in [0.4, 0.5) is 0 Å². The van der Waals surface area contributed by atoms with Crippen LogP contribution in [-0.2, 0) is 0 Å². The highest BCUT2D eigenvalue weighted by Crippen LogP contribution is 2.25. The zero-order chi connectivity index (χ0) is 16.3. The summed E-state index contributed by atoms with van der Waals surface area (Å²) in [6.45, 7) is 5.28. The molecule has 1 unspecified atom stereocenters. The molecule has 0 radical (unpaired) electrons. The maximum absolute atomic E-state index is 11.8. The van der Waals surface area contributed by atoms with E-state index in [4.69, 9.17) is 0 Å². The highest BCUT2D eigenvalue weighted by molar-refractivity contribution is 14.0. The van der Waals surface area contributed by atoms with Crippen LogP contribution in [0.15, 0.2) is 22.5 Å². The SMILES string of the molecule is CCNC(=NCC1CCCS1)NCCCNC(=O)c1cccs1.I. The van der Waals surface area contributed by atoms with E-state index in [2.05, 4.69) is 27.9 Å². The fraction of sp³-hybridized carbons (Fsp3) is 0.625. The van der Waals surface area contributed by atoms with Crippen molar-refractivity contribution >= 4 is 58.9 Å². The van der Waals surface area contributed by atoms with Gasteiger partial charge in [-0.1, -0.05) is 6.07 Å². The number of rotatable bonds is 8. The van der Waals surface area contributed by atoms with Crippen molar-refractivity contribution in [1.82, 2.24) is 16.0 Å². The Morgan fingerprint density at radius 3 is 2.83 bits per heavy atom. The van der Waals surface area contributed by atoms with Gasteiger partial charge in [-0.3, -0.25) is 9.79 Å². The second-order valence-electron chi connectivity index (χ2n) is 5.37. The van der Waals surface area contributed by atoms with Gasteiger partial charge in [0.2, 0.25) is 0 Å². The van der Waals surface area contributed by atoms with Crippen molar-refractivity contribution in [2.75, 3.05) is 31.9 Å². The molecule has 136 valence electrons. The average molecular weight is 482 g/mol. The molecule has 0 aliphatic carbocycles. The first kappa shape index (κ1) is 21.6. The number of nitrogens with one attached hydrogen (secondary N) is 3. The van der Waals surface area contributed by atoms with Crippen LogP contribution in [0.1, 0.15) is 35.9 Å². The molecule has 3 N–H and O–H groups in total. The number of hydrogen-bond acceptors (Lipinski definition) is 4. The van der Waals surface area contributed by atoms with Crippen LogP contribution in [0.3, 0.4) is 0 Å². The van der Waals surface area contributed by atoms with Crippen LogP contribution in [-0.4, -0.2) is 49.0 Å². The lowest BCUT2D eigenvalue weighted by atomic mass is 10.2. The van der Waals surface area contributed by atoms with Gasteiger partial charge >= 0.3 is 0 Å². The lowest BCUT2D eigenvalue weighted by molar-refractivity contribution is 0.0957. The third-order valence-corrected chi connectivity index (χ3v) is 5.75. The van der Waals surface area contributed by atoms with Crippen LogP contribution in [0.25, 0.3) is 0 Å². The van der Waals surface area contributed by atoms with E-state index in [0.717, 1.165) is 36.9 Å². The zero-order valence-electron chi connectivity index (χ0n) is 14.0. The minimum absolute atomic E-state index is 0. The number of carbonyl (C=O) groups is 1. The molecule has 0 saturated carbocycles. The summed E-state index contributed by atoms with van der Waals surface area (Å²) in [5.41, 5.74) is 0. The van der Waals surface area contributed by atoms with Crippen LogP contribution in [0.5, 0.6) is 0 Å². The maximum Gasteiger partial charge on any atom is 0.261 e. The number of halogens is 1. The topological polar surface area (TPSA) is 65.5 Å². The van der Waals surface area contributed by atoms with Crippen molar-refractivity contribution in [3.8, 4) is 0 Å². The Labute approximate surface area is 169 Å². The van der Waals surface area contributed by atoms with Crippen molar-refractivity contribution in [3.63, 3.8) is 0 Å². The predicted octanol–water partition coefficient (Wildman–Crippen LogP) is 2.94. The van der Waals surface area contributed by atoms with E-state index in [0.29, 0.717) is 11.8 Å². The molecule has 2 heterocycles. The molecule has 0 bridgehead atoms. The first-order valence-electron chi connectivity index (χ1n) is 8.25. The lowest BCUT2D eigenvalue weighted by Crippen LogP contribution is -2.39. The summed E-state index contributed by atoms with van der Waals surface area (Å²) in [5.74, 6) is 2.16. The van der Waals surface area contributed by atoms with Gasteiger partial charge in [0.15, 0.2) is 5.96 Å². The van der Waals surface area contributed by atoms with E-state index >= 15 is 0 Å². The molecule has 2 rings (SSSR count). The molecule has 1 aromatic rings. The van der Waals surface area contributed by atoms with Crippen LogP contribution < -0.4 is 16.0 Å². The van der Waals surface area contributed by atoms with E-state index < -0.39 is 0 Å². The molecule has 1 atom stereocenters. The number of thioether (sulfide) groups is 1. The summed E-state index contributed by atoms with van der Waals surface area (Å²) in [6.07, 6.45) is 3.47. The molecular formula is C16H27IN4OS2. The van der Waals surface area contributed by atoms with Gasteiger partial charge in [-0.15, -0.1) is 35.3 Å². The number of aliphatic imine (C=N–C) groups is 1. The Balaban J connectivity index is 0.00000288. The van der Waals surface area contributed by atoms with Gasteiger partial charge in [-0.25, -0.2) is 0 Å². The number of nitrogens with zero attached hydrogens (tertiary/aromatic N) is 1. The van der Waals surface area contributed by atoms with Gasteiger partial charge in [0, 0.05) is 24.9 Å². The van der Waals surface area contributed by atoms with Gasteiger partial charge in [0.1, 0.15) is 0 Å². The highest BCUT2D eigenvalue weighted by Gasteiger charge is 2.14. The molecule has 0 spiro atoms. The second-order valence-corrected chi connectivity index (χ2v) is 7.72. The minimum atomic E-state index is 0. The molecule has 1 aliphatic heterocycles. The van der Waals surface area contributed by atoms with Crippen molar-refractivity contribution in [3.05, 3.63) is 22.4 Å². The number of hydrogen-bond donors (Lipinski definition) is 3. The van der Waals surface area contributed by atoms with E-state index in [1.54, 1.807) is 0 Å². The average Bonchev–Trinajstić information content (AvgIpc) is 3.25. The largest absolute Gasteiger partial charge is 0.357 e. The predicted molar refractivity (Wildman–Crippen MR) is 116 cm³/mol. The minimum Gasteiger partial charge on any atom is -0.357 e. The summed E-state index contributed by atoms with van der Waals surface area (Å²) in [4.78, 5) is 17.2. The van der Waals surface area contributed by atoms with Crippen LogP contribution >= 0.6 is 47.1 Å². The molecule has 0 aromatic carbocycles. The summed E-state index contributed by atoms with van der Waals surface area (Å²) in [7, 11) is 0. The molecule has 1 aromatic heterocycles. The molecule has 1 fully saturated rings. The Kier molecular flexibility index (Phi) is 11.5. The molecule has 5 nitrogen and oxygen atoms in total. The third-order valence-electron chi connectivity index (χ3n) is 3.50. The molecule has 1 aliphatic rings. The summed E-state index contributed by atoms with van der Waals surface area (Å²) >= 11 is 3.49. The summed E-state index contributed by atoms with van der Waals surface area (Å²) < 4.78 is 0. The summed E-state index contributed by atoms with van der Waals surface area (Å²) in [6, 6.07) is 3.73. The smallest absolute Gasteiger partial charge is 0.261 e. The Morgan fingerprint density at radius 1 is 1.33 bits per heavy atom. The monoisotopic (exact) mass is 482 g/mol. The molecule has 8 heteroatoms. The molecule has 1 amide bonds. The normalized spacial score (nSPS) is 17.2. The second kappa shape index (κ2) is 12.8. The Morgan fingerprint density at radius 2 is 2.17 bits per heavy atom. The number of carbonyl (C=O) groups excluding carboxylic acids is 1. The Bertz CT molecular complexity index is 490. The van der Waals surface area contributed by atoms with Crippen LogP contribution in [0.2, 0.25) is 0 Å². The van der Waals surface area contributed by atoms with Crippen molar-refractivity contribution in [1.29, 1.82) is 0 Å². The van der Waals surface area contributed by atoms with Gasteiger partial charge in [0.05, 0.1) is 11.4 Å².